The first-order valence-corrected chi connectivity index (χ1v) is 3.71. The van der Waals surface area contributed by atoms with Gasteiger partial charge < -0.3 is 9.47 Å². The molecule has 0 aliphatic carbocycles. The van der Waals surface area contributed by atoms with Crippen LogP contribution in [-0.4, -0.2) is 24.1 Å². The molecule has 1 aliphatic rings. The second-order valence-corrected chi connectivity index (χ2v) is 2.93. The molecule has 0 aromatic heterocycles. The van der Waals surface area contributed by atoms with E-state index in [0.29, 0.717) is 0 Å². The minimum atomic E-state index is -6.99. The number of ether oxygens (including phenoxy) is 2. The molecule has 2 nitrogen and oxygen atoms in total. The molecule has 0 spiro atoms. The second kappa shape index (κ2) is 3.57. The van der Waals surface area contributed by atoms with Crippen LogP contribution in [0.2, 0.25) is 0 Å². The van der Waals surface area contributed by atoms with Crippen LogP contribution in [0.15, 0.2) is 12.0 Å². The van der Waals surface area contributed by atoms with Crippen molar-refractivity contribution < 1.29 is 53.4 Å². The molecule has 0 saturated heterocycles. The lowest BCUT2D eigenvalue weighted by molar-refractivity contribution is -0.452. The maximum absolute atomic E-state index is 12.9. The maximum atomic E-state index is 12.9. The van der Waals surface area contributed by atoms with Crippen molar-refractivity contribution in [3.8, 4) is 0 Å². The predicted octanol–water partition coefficient (Wildman–Crippen LogP) is 3.55. The Morgan fingerprint density at radius 1 is 0.778 bits per heavy atom. The fourth-order valence-electron chi connectivity index (χ4n) is 0.825. The van der Waals surface area contributed by atoms with Gasteiger partial charge in [-0.25, -0.2) is 0 Å². The van der Waals surface area contributed by atoms with Crippen LogP contribution in [0.3, 0.4) is 0 Å². The fourth-order valence-corrected chi connectivity index (χ4v) is 0.825. The van der Waals surface area contributed by atoms with Crippen molar-refractivity contribution in [2.45, 2.75) is 24.1 Å². The molecule has 1 rings (SSSR count). The van der Waals surface area contributed by atoms with E-state index in [2.05, 4.69) is 9.47 Å². The summed E-state index contributed by atoms with van der Waals surface area (Å²) >= 11 is 0. The first-order chi connectivity index (χ1) is 7.76. The number of alkyl halides is 8. The molecule has 0 amide bonds. The molecule has 12 heteroatoms. The largest absolute Gasteiger partial charge is 0.485 e. The summed E-state index contributed by atoms with van der Waals surface area (Å²) in [5.41, 5.74) is 0. The molecule has 0 bridgehead atoms. The molecule has 0 aromatic carbocycles. The van der Waals surface area contributed by atoms with Crippen LogP contribution in [0.4, 0.5) is 43.9 Å². The summed E-state index contributed by atoms with van der Waals surface area (Å²) in [6.07, 6.45) is -6.90. The fraction of sp³-hybridized carbons (Fsp3) is 0.667. The molecule has 1 aliphatic heterocycles. The van der Waals surface area contributed by atoms with Crippen LogP contribution in [0.1, 0.15) is 0 Å². The van der Waals surface area contributed by atoms with Crippen LogP contribution in [0.25, 0.3) is 0 Å². The number of hydrogen-bond donors (Lipinski definition) is 0. The molecule has 106 valence electrons. The van der Waals surface area contributed by atoms with E-state index in [1.807, 2.05) is 0 Å². The monoisotopic (exact) mass is 294 g/mol. The van der Waals surface area contributed by atoms with Gasteiger partial charge in [-0.3, -0.25) is 0 Å². The van der Waals surface area contributed by atoms with Gasteiger partial charge in [-0.2, -0.15) is 43.9 Å². The topological polar surface area (TPSA) is 18.5 Å². The molecular formula is C6F10O2. The zero-order chi connectivity index (χ0) is 14.6. The van der Waals surface area contributed by atoms with Gasteiger partial charge in [0.05, 0.1) is 0 Å². The highest BCUT2D eigenvalue weighted by Gasteiger charge is 2.85. The van der Waals surface area contributed by atoms with Crippen molar-refractivity contribution in [3.05, 3.63) is 12.0 Å². The second-order valence-electron chi connectivity index (χ2n) is 2.93. The van der Waals surface area contributed by atoms with Crippen LogP contribution in [0, 0.1) is 0 Å². The highest BCUT2D eigenvalue weighted by molar-refractivity contribution is 5.04. The Morgan fingerprint density at radius 3 is 1.39 bits per heavy atom. The maximum Gasteiger partial charge on any atom is 0.485 e. The molecule has 1 heterocycles. The SMILES string of the molecule is FC1=C(F)OC(F)(C(F)(F)C(F)(F)C(F)(F)F)O1. The molecule has 0 N–H and O–H groups in total. The number of rotatable bonds is 2. The van der Waals surface area contributed by atoms with Gasteiger partial charge in [-0.15, -0.1) is 0 Å². The normalized spacial score (nSPS) is 20.8. The van der Waals surface area contributed by atoms with Crippen molar-refractivity contribution in [1.29, 1.82) is 0 Å². The third-order valence-electron chi connectivity index (χ3n) is 1.72. The molecule has 0 unspecified atom stereocenters. The van der Waals surface area contributed by atoms with E-state index in [4.69, 9.17) is 0 Å². The summed E-state index contributed by atoms with van der Waals surface area (Å²) in [5.74, 6) is -13.7. The third kappa shape index (κ3) is 1.73. The molecule has 0 fully saturated rings. The van der Waals surface area contributed by atoms with Crippen molar-refractivity contribution in [1.82, 2.24) is 0 Å². The summed E-state index contributed by atoms with van der Waals surface area (Å²) in [5, 5.41) is 0. The van der Waals surface area contributed by atoms with Crippen LogP contribution in [0.5, 0.6) is 0 Å². The van der Waals surface area contributed by atoms with Gasteiger partial charge in [0.1, 0.15) is 0 Å². The van der Waals surface area contributed by atoms with Crippen molar-refractivity contribution in [3.63, 3.8) is 0 Å². The van der Waals surface area contributed by atoms with Gasteiger partial charge in [0.15, 0.2) is 0 Å². The third-order valence-corrected chi connectivity index (χ3v) is 1.72. The first kappa shape index (κ1) is 14.7. The van der Waals surface area contributed by atoms with E-state index in [-0.39, 0.29) is 0 Å². The van der Waals surface area contributed by atoms with Crippen molar-refractivity contribution in [2.75, 3.05) is 0 Å². The van der Waals surface area contributed by atoms with E-state index in [9.17, 15) is 43.9 Å². The van der Waals surface area contributed by atoms with E-state index >= 15 is 0 Å². The van der Waals surface area contributed by atoms with Gasteiger partial charge in [0.2, 0.25) is 0 Å². The highest BCUT2D eigenvalue weighted by atomic mass is 19.4. The standard InChI is InChI=1S/C6F10O2/c7-1-2(8)18-6(16,17-1)4(11,12)3(9,10)5(13,14)15. The highest BCUT2D eigenvalue weighted by Crippen LogP contribution is 2.56. The van der Waals surface area contributed by atoms with Gasteiger partial charge in [0, 0.05) is 0 Å². The molecule has 0 aromatic rings. The summed E-state index contributed by atoms with van der Waals surface area (Å²) < 4.78 is 127. The minimum absolute atomic E-state index is 2.63. The van der Waals surface area contributed by atoms with Crippen LogP contribution >= 0.6 is 0 Å². The Labute approximate surface area is 90.8 Å². The Morgan fingerprint density at radius 2 is 1.11 bits per heavy atom. The lowest BCUT2D eigenvalue weighted by atomic mass is 10.1. The van der Waals surface area contributed by atoms with E-state index in [1.165, 1.54) is 0 Å². The quantitative estimate of drug-likeness (QED) is 0.725. The van der Waals surface area contributed by atoms with Crippen LogP contribution < -0.4 is 0 Å². The van der Waals surface area contributed by atoms with Crippen molar-refractivity contribution >= 4 is 0 Å². The molecule has 18 heavy (non-hydrogen) atoms. The van der Waals surface area contributed by atoms with Crippen molar-refractivity contribution in [2.24, 2.45) is 0 Å². The Bertz CT molecular complexity index is 368. The average molecular weight is 294 g/mol. The Balaban J connectivity index is 3.17. The Kier molecular flexibility index (Phi) is 2.92. The molecule has 0 atom stereocenters. The van der Waals surface area contributed by atoms with E-state index in [1.54, 1.807) is 0 Å². The Hall–Kier alpha value is -1.36. The molecule has 0 radical (unpaired) electrons. The molecule has 0 saturated carbocycles. The lowest BCUT2D eigenvalue weighted by Gasteiger charge is -2.33. The zero-order valence-electron chi connectivity index (χ0n) is 7.60. The summed E-state index contributed by atoms with van der Waals surface area (Å²) in [6, 6.07) is -11.3. The van der Waals surface area contributed by atoms with Gasteiger partial charge in [-0.1, -0.05) is 0 Å². The van der Waals surface area contributed by atoms with Gasteiger partial charge in [0.25, 0.3) is 0 Å². The lowest BCUT2D eigenvalue weighted by Crippen LogP contribution is -2.63. The summed E-state index contributed by atoms with van der Waals surface area (Å²) in [6.45, 7) is 0. The number of halogens is 10. The zero-order valence-corrected chi connectivity index (χ0v) is 7.60. The van der Waals surface area contributed by atoms with Crippen LogP contribution in [-0.2, 0) is 9.47 Å². The summed E-state index contributed by atoms with van der Waals surface area (Å²) in [7, 11) is 0. The predicted molar refractivity (Wildman–Crippen MR) is 31.2 cm³/mol. The minimum Gasteiger partial charge on any atom is -0.390 e. The van der Waals surface area contributed by atoms with Gasteiger partial charge in [-0.05, 0) is 0 Å². The van der Waals surface area contributed by atoms with Gasteiger partial charge >= 0.3 is 36.1 Å². The van der Waals surface area contributed by atoms with E-state index in [0.717, 1.165) is 0 Å². The summed E-state index contributed by atoms with van der Waals surface area (Å²) in [4.78, 5) is 0. The van der Waals surface area contributed by atoms with E-state index < -0.39 is 36.1 Å². The smallest absolute Gasteiger partial charge is 0.390 e. The first-order valence-electron chi connectivity index (χ1n) is 3.71. The molecular weight excluding hydrogens is 294 g/mol. The average Bonchev–Trinajstić information content (AvgIpc) is 2.40. The number of hydrogen-bond acceptors (Lipinski definition) is 2.